The average Bonchev–Trinajstić information content (AvgIpc) is 2.71. The Morgan fingerprint density at radius 2 is 1.97 bits per heavy atom. The van der Waals surface area contributed by atoms with E-state index in [0.29, 0.717) is 25.4 Å². The lowest BCUT2D eigenvalue weighted by Gasteiger charge is -2.20. The molecule has 1 heterocycles. The first kappa shape index (κ1) is 23.2. The van der Waals surface area contributed by atoms with E-state index in [-0.39, 0.29) is 23.2 Å². The molecule has 0 aliphatic carbocycles. The Morgan fingerprint density at radius 1 is 1.27 bits per heavy atom. The Morgan fingerprint density at radius 3 is 2.60 bits per heavy atom. The number of nitrogens with zero attached hydrogens (tertiary/aromatic N) is 2. The standard InChI is InChI=1S/C23H28N2O5/c1-6-29-12-8-11-25-22(27)18(13-24)16(4)20(23(25)28)21(26)17(5)30-19-10-7-9-14(2)15(19)3/h7,9-10,17,28H,6,8,11-12H2,1-5H3. The first-order valence-electron chi connectivity index (χ1n) is 9.95. The van der Waals surface area contributed by atoms with Gasteiger partial charge in [0.25, 0.3) is 5.56 Å². The van der Waals surface area contributed by atoms with Crippen molar-refractivity contribution < 1.29 is 19.4 Å². The number of hydrogen-bond donors (Lipinski definition) is 1. The van der Waals surface area contributed by atoms with Crippen LogP contribution >= 0.6 is 0 Å². The zero-order valence-electron chi connectivity index (χ0n) is 18.1. The zero-order chi connectivity index (χ0) is 22.4. The first-order chi connectivity index (χ1) is 14.2. The molecule has 0 aliphatic heterocycles. The molecule has 0 amide bonds. The van der Waals surface area contributed by atoms with Gasteiger partial charge in [0.15, 0.2) is 6.10 Å². The number of hydrogen-bond acceptors (Lipinski definition) is 6. The molecule has 0 fully saturated rings. The molecule has 1 atom stereocenters. The molecular formula is C23H28N2O5. The van der Waals surface area contributed by atoms with Crippen molar-refractivity contribution in [2.24, 2.45) is 0 Å². The van der Waals surface area contributed by atoms with Gasteiger partial charge in [0.05, 0.1) is 5.56 Å². The molecule has 30 heavy (non-hydrogen) atoms. The number of benzene rings is 1. The first-order valence-corrected chi connectivity index (χ1v) is 9.95. The molecule has 7 nitrogen and oxygen atoms in total. The van der Waals surface area contributed by atoms with Gasteiger partial charge in [-0.2, -0.15) is 5.26 Å². The summed E-state index contributed by atoms with van der Waals surface area (Å²) in [5, 5.41) is 20.2. The van der Waals surface area contributed by atoms with Crippen LogP contribution in [0.4, 0.5) is 0 Å². The third-order valence-electron chi connectivity index (χ3n) is 5.15. The van der Waals surface area contributed by atoms with Crippen molar-refractivity contribution in [3.63, 3.8) is 0 Å². The summed E-state index contributed by atoms with van der Waals surface area (Å²) in [6.07, 6.45) is -0.465. The summed E-state index contributed by atoms with van der Waals surface area (Å²) in [5.41, 5.74) is 1.25. The summed E-state index contributed by atoms with van der Waals surface area (Å²) in [6, 6.07) is 7.42. The molecule has 0 saturated carbocycles. The highest BCUT2D eigenvalue weighted by Crippen LogP contribution is 2.27. The third kappa shape index (κ3) is 4.71. The molecule has 1 unspecified atom stereocenters. The zero-order valence-corrected chi connectivity index (χ0v) is 18.1. The van der Waals surface area contributed by atoms with Crippen molar-refractivity contribution in [2.45, 2.75) is 53.7 Å². The highest BCUT2D eigenvalue weighted by Gasteiger charge is 2.28. The van der Waals surface area contributed by atoms with Gasteiger partial charge in [-0.3, -0.25) is 14.2 Å². The van der Waals surface area contributed by atoms with Crippen LogP contribution in [0.3, 0.4) is 0 Å². The van der Waals surface area contributed by atoms with Crippen molar-refractivity contribution in [3.05, 3.63) is 56.4 Å². The van der Waals surface area contributed by atoms with E-state index in [9.17, 15) is 20.0 Å². The lowest BCUT2D eigenvalue weighted by atomic mass is 9.99. The summed E-state index contributed by atoms with van der Waals surface area (Å²) in [4.78, 5) is 25.8. The summed E-state index contributed by atoms with van der Waals surface area (Å²) < 4.78 is 12.2. The Balaban J connectivity index is 2.43. The number of aromatic nitrogens is 1. The maximum Gasteiger partial charge on any atom is 0.271 e. The topological polar surface area (TPSA) is 102 Å². The minimum atomic E-state index is -0.920. The molecule has 1 aromatic heterocycles. The van der Waals surface area contributed by atoms with Crippen LogP contribution in [-0.4, -0.2) is 34.8 Å². The second kappa shape index (κ2) is 10.1. The maximum absolute atomic E-state index is 13.2. The Bertz CT molecular complexity index is 1030. The Labute approximate surface area is 176 Å². The van der Waals surface area contributed by atoms with Gasteiger partial charge in [0.2, 0.25) is 11.7 Å². The number of carbonyl (C=O) groups excluding carboxylic acids is 1. The number of ether oxygens (including phenoxy) is 2. The molecule has 2 aromatic rings. The van der Waals surface area contributed by atoms with Gasteiger partial charge in [-0.25, -0.2) is 0 Å². The van der Waals surface area contributed by atoms with Crippen molar-refractivity contribution in [1.29, 1.82) is 5.26 Å². The Kier molecular flexibility index (Phi) is 7.79. The number of pyridine rings is 1. The van der Waals surface area contributed by atoms with Crippen LogP contribution in [0, 0.1) is 32.1 Å². The van der Waals surface area contributed by atoms with E-state index in [4.69, 9.17) is 9.47 Å². The van der Waals surface area contributed by atoms with Gasteiger partial charge in [0, 0.05) is 19.8 Å². The number of ketones is 1. The minimum absolute atomic E-state index is 0.0691. The highest BCUT2D eigenvalue weighted by molar-refractivity contribution is 6.03. The summed E-state index contributed by atoms with van der Waals surface area (Å²) in [7, 11) is 0. The second-order valence-electron chi connectivity index (χ2n) is 7.14. The van der Waals surface area contributed by atoms with Gasteiger partial charge < -0.3 is 14.6 Å². The van der Waals surface area contributed by atoms with Gasteiger partial charge in [-0.05, 0) is 63.8 Å². The number of Topliss-reactive ketones (excluding diaryl/α,β-unsaturated/α-hetero) is 1. The number of rotatable bonds is 9. The normalized spacial score (nSPS) is 11.7. The largest absolute Gasteiger partial charge is 0.494 e. The minimum Gasteiger partial charge on any atom is -0.494 e. The van der Waals surface area contributed by atoms with Crippen LogP contribution in [0.25, 0.3) is 0 Å². The predicted octanol–water partition coefficient (Wildman–Crippen LogP) is 3.43. The van der Waals surface area contributed by atoms with Crippen LogP contribution in [-0.2, 0) is 11.3 Å². The molecule has 0 radical (unpaired) electrons. The van der Waals surface area contributed by atoms with E-state index in [1.165, 1.54) is 6.92 Å². The summed E-state index contributed by atoms with van der Waals surface area (Å²) in [6.45, 7) is 9.84. The predicted molar refractivity (Wildman–Crippen MR) is 113 cm³/mol. The van der Waals surface area contributed by atoms with Crippen molar-refractivity contribution in [1.82, 2.24) is 4.57 Å². The molecule has 0 bridgehead atoms. The van der Waals surface area contributed by atoms with Crippen LogP contribution in [0.2, 0.25) is 0 Å². The molecule has 160 valence electrons. The van der Waals surface area contributed by atoms with E-state index in [1.807, 2.05) is 39.0 Å². The molecule has 0 aliphatic rings. The molecular weight excluding hydrogens is 384 g/mol. The summed E-state index contributed by atoms with van der Waals surface area (Å²) >= 11 is 0. The molecule has 0 saturated heterocycles. The van der Waals surface area contributed by atoms with Crippen LogP contribution < -0.4 is 10.3 Å². The molecule has 0 spiro atoms. The molecule has 1 N–H and O–H groups in total. The smallest absolute Gasteiger partial charge is 0.271 e. The van der Waals surface area contributed by atoms with Crippen molar-refractivity contribution in [2.75, 3.05) is 13.2 Å². The lowest BCUT2D eigenvalue weighted by Crippen LogP contribution is -2.31. The van der Waals surface area contributed by atoms with Gasteiger partial charge >= 0.3 is 0 Å². The second-order valence-corrected chi connectivity index (χ2v) is 7.14. The van der Waals surface area contributed by atoms with Gasteiger partial charge in [-0.15, -0.1) is 0 Å². The van der Waals surface area contributed by atoms with E-state index >= 15 is 0 Å². The van der Waals surface area contributed by atoms with Crippen molar-refractivity contribution in [3.8, 4) is 17.7 Å². The van der Waals surface area contributed by atoms with E-state index < -0.39 is 23.3 Å². The fourth-order valence-corrected chi connectivity index (χ4v) is 3.22. The van der Waals surface area contributed by atoms with Crippen molar-refractivity contribution >= 4 is 5.78 Å². The molecule has 2 rings (SSSR count). The number of nitriles is 1. The fourth-order valence-electron chi connectivity index (χ4n) is 3.22. The molecule has 7 heteroatoms. The van der Waals surface area contributed by atoms with Gasteiger partial charge in [-0.1, -0.05) is 12.1 Å². The fraction of sp³-hybridized carbons (Fsp3) is 0.435. The summed E-state index contributed by atoms with van der Waals surface area (Å²) in [5.74, 6) is -0.381. The van der Waals surface area contributed by atoms with E-state index in [0.717, 1.165) is 15.7 Å². The number of carbonyl (C=O) groups is 1. The van der Waals surface area contributed by atoms with E-state index in [2.05, 4.69) is 0 Å². The van der Waals surface area contributed by atoms with Crippen LogP contribution in [0.15, 0.2) is 23.0 Å². The van der Waals surface area contributed by atoms with Gasteiger partial charge in [0.1, 0.15) is 17.4 Å². The quantitative estimate of drug-likeness (QED) is 0.500. The number of aryl methyl sites for hydroxylation is 1. The molecule has 1 aromatic carbocycles. The lowest BCUT2D eigenvalue weighted by molar-refractivity contribution is 0.0811. The van der Waals surface area contributed by atoms with Crippen LogP contribution in [0.5, 0.6) is 11.6 Å². The SMILES string of the molecule is CCOCCCn1c(O)c(C(=O)C(C)Oc2cccc(C)c2C)c(C)c(C#N)c1=O. The average molecular weight is 412 g/mol. The number of aromatic hydroxyl groups is 1. The third-order valence-corrected chi connectivity index (χ3v) is 5.15. The van der Waals surface area contributed by atoms with E-state index in [1.54, 1.807) is 13.0 Å². The highest BCUT2D eigenvalue weighted by atomic mass is 16.5. The van der Waals surface area contributed by atoms with Crippen LogP contribution in [0.1, 0.15) is 52.9 Å². The Hall–Kier alpha value is -3.11. The monoisotopic (exact) mass is 412 g/mol. The maximum atomic E-state index is 13.2.